The molecule has 0 aromatic carbocycles. The molecule has 0 atom stereocenters. The number of hydrogen-bond acceptors (Lipinski definition) is 5. The molecule has 0 saturated carbocycles. The second-order valence-electron chi connectivity index (χ2n) is 4.48. The zero-order valence-electron chi connectivity index (χ0n) is 9.19. The van der Waals surface area contributed by atoms with Gasteiger partial charge in [0.2, 0.25) is 0 Å². The number of anilines is 1. The van der Waals surface area contributed by atoms with E-state index in [1.54, 1.807) is 11.3 Å². The Morgan fingerprint density at radius 3 is 3.07 bits per heavy atom. The van der Waals surface area contributed by atoms with Gasteiger partial charge in [-0.2, -0.15) is 0 Å². The summed E-state index contributed by atoms with van der Waals surface area (Å²) < 4.78 is 5.66. The Kier molecular flexibility index (Phi) is 2.95. The molecule has 1 aliphatic rings. The number of nitrogens with two attached hydrogens (primary N) is 1. The molecule has 0 unspecified atom stereocenters. The van der Waals surface area contributed by atoms with Crippen molar-refractivity contribution in [2.24, 2.45) is 0 Å². The van der Waals surface area contributed by atoms with Crippen LogP contribution < -0.4 is 5.73 Å². The molecule has 1 aromatic heterocycles. The second-order valence-corrected chi connectivity index (χ2v) is 5.63. The van der Waals surface area contributed by atoms with E-state index >= 15 is 0 Å². The van der Waals surface area contributed by atoms with Gasteiger partial charge in [0.25, 0.3) is 0 Å². The first-order valence-electron chi connectivity index (χ1n) is 5.12. The SMILES string of the molecule is CC1(C)CN(Cc2cnc(N)s2)CCO1. The predicted octanol–water partition coefficient (Wildman–Crippen LogP) is 1.34. The minimum atomic E-state index is -0.0333. The minimum absolute atomic E-state index is 0.0333. The Hall–Kier alpha value is -0.650. The lowest BCUT2D eigenvalue weighted by Crippen LogP contribution is -2.47. The highest BCUT2D eigenvalue weighted by molar-refractivity contribution is 7.15. The average Bonchev–Trinajstić information content (AvgIpc) is 2.49. The Morgan fingerprint density at radius 2 is 2.47 bits per heavy atom. The average molecular weight is 227 g/mol. The lowest BCUT2D eigenvalue weighted by atomic mass is 10.1. The minimum Gasteiger partial charge on any atom is -0.375 e. The molecule has 0 aliphatic carbocycles. The topological polar surface area (TPSA) is 51.4 Å². The third-order valence-electron chi connectivity index (χ3n) is 2.46. The second kappa shape index (κ2) is 4.08. The van der Waals surface area contributed by atoms with Crippen LogP contribution >= 0.6 is 11.3 Å². The molecule has 2 N–H and O–H groups in total. The number of ether oxygens (including phenoxy) is 1. The van der Waals surface area contributed by atoms with Gasteiger partial charge in [0.1, 0.15) is 0 Å². The van der Waals surface area contributed by atoms with Gasteiger partial charge in [-0.25, -0.2) is 4.98 Å². The van der Waals surface area contributed by atoms with E-state index in [4.69, 9.17) is 10.5 Å². The smallest absolute Gasteiger partial charge is 0.180 e. The van der Waals surface area contributed by atoms with Gasteiger partial charge in [0.15, 0.2) is 5.13 Å². The molecule has 1 aliphatic heterocycles. The summed E-state index contributed by atoms with van der Waals surface area (Å²) in [5.74, 6) is 0. The third kappa shape index (κ3) is 2.90. The maximum Gasteiger partial charge on any atom is 0.180 e. The van der Waals surface area contributed by atoms with Crippen molar-refractivity contribution in [3.8, 4) is 0 Å². The first-order chi connectivity index (χ1) is 7.05. The van der Waals surface area contributed by atoms with E-state index in [9.17, 15) is 0 Å². The van der Waals surface area contributed by atoms with Crippen LogP contribution in [-0.2, 0) is 11.3 Å². The Morgan fingerprint density at radius 1 is 1.67 bits per heavy atom. The summed E-state index contributed by atoms with van der Waals surface area (Å²) in [4.78, 5) is 7.67. The molecule has 2 heterocycles. The van der Waals surface area contributed by atoms with E-state index in [1.807, 2.05) is 6.20 Å². The molecule has 4 nitrogen and oxygen atoms in total. The van der Waals surface area contributed by atoms with E-state index < -0.39 is 0 Å². The van der Waals surface area contributed by atoms with Crippen LogP contribution in [0.3, 0.4) is 0 Å². The van der Waals surface area contributed by atoms with Gasteiger partial charge in [-0.05, 0) is 13.8 Å². The molecule has 15 heavy (non-hydrogen) atoms. The van der Waals surface area contributed by atoms with Crippen molar-refractivity contribution in [2.45, 2.75) is 26.0 Å². The molecule has 0 bridgehead atoms. The molecule has 5 heteroatoms. The van der Waals surface area contributed by atoms with Crippen molar-refractivity contribution < 1.29 is 4.74 Å². The number of nitrogen functional groups attached to an aromatic ring is 1. The summed E-state index contributed by atoms with van der Waals surface area (Å²) in [6.45, 7) is 7.94. The number of rotatable bonds is 2. The van der Waals surface area contributed by atoms with E-state index in [0.717, 1.165) is 26.2 Å². The maximum atomic E-state index is 5.66. The van der Waals surface area contributed by atoms with Crippen molar-refractivity contribution in [1.29, 1.82) is 0 Å². The number of hydrogen-bond donors (Lipinski definition) is 1. The van der Waals surface area contributed by atoms with E-state index in [2.05, 4.69) is 23.7 Å². The molecular weight excluding hydrogens is 210 g/mol. The maximum absolute atomic E-state index is 5.66. The Balaban J connectivity index is 1.95. The van der Waals surface area contributed by atoms with Crippen molar-refractivity contribution in [3.05, 3.63) is 11.1 Å². The van der Waals surface area contributed by atoms with Crippen molar-refractivity contribution in [2.75, 3.05) is 25.4 Å². The Labute approximate surface area is 94.1 Å². The lowest BCUT2D eigenvalue weighted by molar-refractivity contribution is -0.0880. The monoisotopic (exact) mass is 227 g/mol. The van der Waals surface area contributed by atoms with Crippen LogP contribution in [0.4, 0.5) is 5.13 Å². The van der Waals surface area contributed by atoms with Gasteiger partial charge in [-0.15, -0.1) is 11.3 Å². The fraction of sp³-hybridized carbons (Fsp3) is 0.700. The number of thiazole rings is 1. The summed E-state index contributed by atoms with van der Waals surface area (Å²) >= 11 is 1.57. The van der Waals surface area contributed by atoms with Crippen LogP contribution in [0.25, 0.3) is 0 Å². The van der Waals surface area contributed by atoms with Gasteiger partial charge >= 0.3 is 0 Å². The third-order valence-corrected chi connectivity index (χ3v) is 3.27. The molecule has 1 fully saturated rings. The quantitative estimate of drug-likeness (QED) is 0.828. The fourth-order valence-electron chi connectivity index (χ4n) is 1.87. The van der Waals surface area contributed by atoms with E-state index in [1.165, 1.54) is 4.88 Å². The molecule has 1 saturated heterocycles. The van der Waals surface area contributed by atoms with Crippen LogP contribution in [0.1, 0.15) is 18.7 Å². The zero-order valence-corrected chi connectivity index (χ0v) is 10.0. The molecule has 1 aromatic rings. The van der Waals surface area contributed by atoms with E-state index in [-0.39, 0.29) is 5.60 Å². The summed E-state index contributed by atoms with van der Waals surface area (Å²) in [6, 6.07) is 0. The standard InChI is InChI=1S/C10H17N3OS/c1-10(2)7-13(3-4-14-10)6-8-5-12-9(11)15-8/h5H,3-4,6-7H2,1-2H3,(H2,11,12). The predicted molar refractivity (Wildman–Crippen MR) is 61.8 cm³/mol. The highest BCUT2D eigenvalue weighted by atomic mass is 32.1. The van der Waals surface area contributed by atoms with Gasteiger partial charge in [-0.1, -0.05) is 0 Å². The van der Waals surface area contributed by atoms with Gasteiger partial charge in [-0.3, -0.25) is 4.90 Å². The van der Waals surface area contributed by atoms with Crippen LogP contribution in [0.2, 0.25) is 0 Å². The number of morpholine rings is 1. The van der Waals surface area contributed by atoms with Crippen LogP contribution in [0.5, 0.6) is 0 Å². The molecule has 0 amide bonds. The molecule has 84 valence electrons. The molecule has 2 rings (SSSR count). The lowest BCUT2D eigenvalue weighted by Gasteiger charge is -2.37. The van der Waals surface area contributed by atoms with Crippen LogP contribution in [0.15, 0.2) is 6.20 Å². The molecular formula is C10H17N3OS. The van der Waals surface area contributed by atoms with Crippen LogP contribution in [-0.4, -0.2) is 35.2 Å². The first kappa shape index (κ1) is 10.9. The summed E-state index contributed by atoms with van der Waals surface area (Å²) in [5.41, 5.74) is 5.57. The van der Waals surface area contributed by atoms with Crippen molar-refractivity contribution >= 4 is 16.5 Å². The zero-order chi connectivity index (χ0) is 10.9. The van der Waals surface area contributed by atoms with Crippen molar-refractivity contribution in [1.82, 2.24) is 9.88 Å². The van der Waals surface area contributed by atoms with Gasteiger partial charge in [0, 0.05) is 30.7 Å². The van der Waals surface area contributed by atoms with Gasteiger partial charge in [0.05, 0.1) is 12.2 Å². The fourth-order valence-corrected chi connectivity index (χ4v) is 2.59. The van der Waals surface area contributed by atoms with Crippen molar-refractivity contribution in [3.63, 3.8) is 0 Å². The number of aromatic nitrogens is 1. The number of nitrogens with zero attached hydrogens (tertiary/aromatic N) is 2. The Bertz CT molecular complexity index is 337. The van der Waals surface area contributed by atoms with Crippen LogP contribution in [0, 0.1) is 0 Å². The summed E-state index contributed by atoms with van der Waals surface area (Å²) in [6.07, 6.45) is 1.86. The highest BCUT2D eigenvalue weighted by Gasteiger charge is 2.27. The van der Waals surface area contributed by atoms with E-state index in [0.29, 0.717) is 5.13 Å². The first-order valence-corrected chi connectivity index (χ1v) is 5.93. The summed E-state index contributed by atoms with van der Waals surface area (Å²) in [5, 5.41) is 0.650. The molecule has 0 radical (unpaired) electrons. The van der Waals surface area contributed by atoms with Gasteiger partial charge < -0.3 is 10.5 Å². The highest BCUT2D eigenvalue weighted by Crippen LogP contribution is 2.21. The molecule has 0 spiro atoms. The largest absolute Gasteiger partial charge is 0.375 e. The normalized spacial score (nSPS) is 21.7. The summed E-state index contributed by atoms with van der Waals surface area (Å²) in [7, 11) is 0.